The number of likely N-dealkylation sites (tertiary alicyclic amines) is 1. The molecule has 2 heterocycles. The molecule has 1 N–H and O–H groups in total. The summed E-state index contributed by atoms with van der Waals surface area (Å²) in [7, 11) is 0. The Morgan fingerprint density at radius 1 is 1.04 bits per heavy atom. The van der Waals surface area contributed by atoms with E-state index in [-0.39, 0.29) is 11.9 Å². The number of anilines is 1. The molecule has 0 bridgehead atoms. The van der Waals surface area contributed by atoms with Crippen molar-refractivity contribution in [3.8, 4) is 0 Å². The first-order valence-electron chi connectivity index (χ1n) is 8.89. The third-order valence-corrected chi connectivity index (χ3v) is 5.10. The van der Waals surface area contributed by atoms with Gasteiger partial charge in [0.2, 0.25) is 5.91 Å². The van der Waals surface area contributed by atoms with E-state index in [0.717, 1.165) is 44.7 Å². The number of hydrogen-bond acceptors (Lipinski definition) is 3. The van der Waals surface area contributed by atoms with E-state index in [4.69, 9.17) is 11.6 Å². The lowest BCUT2D eigenvalue weighted by atomic mass is 10.2. The summed E-state index contributed by atoms with van der Waals surface area (Å²) >= 11 is 6.05. The molecule has 3 amide bonds. The van der Waals surface area contributed by atoms with Crippen molar-refractivity contribution < 1.29 is 9.59 Å². The van der Waals surface area contributed by atoms with E-state index in [0.29, 0.717) is 18.1 Å². The van der Waals surface area contributed by atoms with E-state index >= 15 is 0 Å². The van der Waals surface area contributed by atoms with Crippen LogP contribution < -0.4 is 10.2 Å². The molecule has 0 spiro atoms. The third kappa shape index (κ3) is 4.37. The zero-order valence-corrected chi connectivity index (χ0v) is 15.3. The number of halogens is 1. The van der Waals surface area contributed by atoms with Crippen LogP contribution in [0.1, 0.15) is 19.8 Å². The molecule has 2 fully saturated rings. The quantitative estimate of drug-likeness (QED) is 0.894. The minimum atomic E-state index is -0.475. The summed E-state index contributed by atoms with van der Waals surface area (Å²) in [5.74, 6) is 0.0170. The van der Waals surface area contributed by atoms with E-state index in [9.17, 15) is 9.59 Å². The molecule has 0 unspecified atom stereocenters. The van der Waals surface area contributed by atoms with Gasteiger partial charge in [-0.05, 0) is 38.0 Å². The first-order valence-corrected chi connectivity index (χ1v) is 9.27. The number of urea groups is 1. The average molecular weight is 365 g/mol. The molecule has 2 aliphatic heterocycles. The molecule has 1 aromatic rings. The number of carbonyl (C=O) groups excluding carboxylic acids is 2. The maximum absolute atomic E-state index is 12.4. The molecule has 6 nitrogen and oxygen atoms in total. The van der Waals surface area contributed by atoms with Gasteiger partial charge in [-0.1, -0.05) is 17.7 Å². The number of hydrogen-bond donors (Lipinski definition) is 1. The van der Waals surface area contributed by atoms with E-state index in [1.807, 2.05) is 29.2 Å². The Kier molecular flexibility index (Phi) is 5.68. The van der Waals surface area contributed by atoms with Crippen LogP contribution in [0.2, 0.25) is 5.02 Å². The summed E-state index contributed by atoms with van der Waals surface area (Å²) in [5, 5.41) is 3.56. The second-order valence-electron chi connectivity index (χ2n) is 6.66. The first-order chi connectivity index (χ1) is 12.0. The molecule has 0 radical (unpaired) electrons. The summed E-state index contributed by atoms with van der Waals surface area (Å²) in [4.78, 5) is 30.6. The highest BCUT2D eigenvalue weighted by molar-refractivity contribution is 6.30. The van der Waals surface area contributed by atoms with Gasteiger partial charge in [0.25, 0.3) is 0 Å². The fourth-order valence-corrected chi connectivity index (χ4v) is 3.57. The largest absolute Gasteiger partial charge is 0.368 e. The molecule has 25 heavy (non-hydrogen) atoms. The molecule has 1 atom stereocenters. The van der Waals surface area contributed by atoms with Crippen LogP contribution in [0.5, 0.6) is 0 Å². The summed E-state index contributed by atoms with van der Waals surface area (Å²) in [6.45, 7) is 6.13. The summed E-state index contributed by atoms with van der Waals surface area (Å²) in [6.07, 6.45) is 2.11. The molecule has 2 aliphatic rings. The molecule has 0 aliphatic carbocycles. The van der Waals surface area contributed by atoms with Gasteiger partial charge < -0.3 is 20.0 Å². The van der Waals surface area contributed by atoms with Crippen LogP contribution >= 0.6 is 11.6 Å². The number of carbonyl (C=O) groups is 2. The van der Waals surface area contributed by atoms with Gasteiger partial charge in [0, 0.05) is 50.0 Å². The summed E-state index contributed by atoms with van der Waals surface area (Å²) in [6, 6.07) is 7.12. The molecule has 0 aromatic heterocycles. The van der Waals surface area contributed by atoms with E-state index in [1.54, 1.807) is 11.8 Å². The van der Waals surface area contributed by atoms with Crippen molar-refractivity contribution in [3.63, 3.8) is 0 Å². The lowest BCUT2D eigenvalue weighted by Crippen LogP contribution is -2.55. The average Bonchev–Trinajstić information content (AvgIpc) is 3.15. The normalized spacial score (nSPS) is 19.0. The highest BCUT2D eigenvalue weighted by atomic mass is 35.5. The van der Waals surface area contributed by atoms with Gasteiger partial charge in [-0.3, -0.25) is 4.79 Å². The van der Waals surface area contributed by atoms with Crippen molar-refractivity contribution in [2.75, 3.05) is 44.2 Å². The van der Waals surface area contributed by atoms with Gasteiger partial charge in [-0.2, -0.15) is 0 Å². The molecule has 0 saturated carbocycles. The minimum Gasteiger partial charge on any atom is -0.368 e. The highest BCUT2D eigenvalue weighted by Crippen LogP contribution is 2.20. The number of amides is 3. The van der Waals surface area contributed by atoms with Crippen LogP contribution in [-0.4, -0.2) is 67.0 Å². The predicted octanol–water partition coefficient (Wildman–Crippen LogP) is 2.18. The van der Waals surface area contributed by atoms with E-state index in [2.05, 4.69) is 10.2 Å². The Morgan fingerprint density at radius 2 is 1.72 bits per heavy atom. The summed E-state index contributed by atoms with van der Waals surface area (Å²) < 4.78 is 0. The Balaban J connectivity index is 1.48. The van der Waals surface area contributed by atoms with Gasteiger partial charge in [0.1, 0.15) is 6.04 Å². The Bertz CT molecular complexity index is 625. The topological polar surface area (TPSA) is 55.9 Å². The van der Waals surface area contributed by atoms with Crippen molar-refractivity contribution >= 4 is 29.2 Å². The monoisotopic (exact) mass is 364 g/mol. The van der Waals surface area contributed by atoms with E-state index in [1.165, 1.54) is 0 Å². The lowest BCUT2D eigenvalue weighted by molar-refractivity contribution is -0.131. The van der Waals surface area contributed by atoms with Gasteiger partial charge >= 0.3 is 6.03 Å². The van der Waals surface area contributed by atoms with Gasteiger partial charge in [0.05, 0.1) is 0 Å². The van der Waals surface area contributed by atoms with Crippen molar-refractivity contribution in [1.29, 1.82) is 0 Å². The highest BCUT2D eigenvalue weighted by Gasteiger charge is 2.27. The number of rotatable bonds is 3. The molecule has 3 rings (SSSR count). The van der Waals surface area contributed by atoms with Crippen LogP contribution in [0.3, 0.4) is 0 Å². The smallest absolute Gasteiger partial charge is 0.318 e. The molecule has 136 valence electrons. The Morgan fingerprint density at radius 3 is 2.36 bits per heavy atom. The summed E-state index contributed by atoms with van der Waals surface area (Å²) in [5.41, 5.74) is 1.07. The Hall–Kier alpha value is -1.95. The third-order valence-electron chi connectivity index (χ3n) is 4.87. The molecular formula is C18H25ClN4O2. The minimum absolute atomic E-state index is 0.0170. The standard InChI is InChI=1S/C18H25ClN4O2/c1-14(17(24)22-7-2-3-8-22)20-18(25)23-11-9-21(10-12-23)16-6-4-5-15(19)13-16/h4-6,13-14H,2-3,7-12H2,1H3,(H,20,25)/t14-/m0/s1. The number of piperazine rings is 1. The van der Waals surface area contributed by atoms with E-state index < -0.39 is 6.04 Å². The molecule has 7 heteroatoms. The number of nitrogens with zero attached hydrogens (tertiary/aromatic N) is 3. The molecular weight excluding hydrogens is 340 g/mol. The van der Waals surface area contributed by atoms with Crippen LogP contribution in [0.25, 0.3) is 0 Å². The number of nitrogens with one attached hydrogen (secondary N) is 1. The van der Waals surface area contributed by atoms with Crippen molar-refractivity contribution in [2.24, 2.45) is 0 Å². The Labute approximate surface area is 153 Å². The van der Waals surface area contributed by atoms with Gasteiger partial charge in [-0.25, -0.2) is 4.79 Å². The van der Waals surface area contributed by atoms with Crippen molar-refractivity contribution in [2.45, 2.75) is 25.8 Å². The lowest BCUT2D eigenvalue weighted by Gasteiger charge is -2.36. The van der Waals surface area contributed by atoms with Gasteiger partial charge in [0.15, 0.2) is 0 Å². The van der Waals surface area contributed by atoms with Crippen LogP contribution in [-0.2, 0) is 4.79 Å². The van der Waals surface area contributed by atoms with Gasteiger partial charge in [-0.15, -0.1) is 0 Å². The number of benzene rings is 1. The van der Waals surface area contributed by atoms with Crippen LogP contribution in [0, 0.1) is 0 Å². The molecule has 2 saturated heterocycles. The second-order valence-corrected chi connectivity index (χ2v) is 7.09. The fourth-order valence-electron chi connectivity index (χ4n) is 3.39. The first kappa shape index (κ1) is 17.9. The zero-order valence-electron chi connectivity index (χ0n) is 14.6. The maximum atomic E-state index is 12.4. The zero-order chi connectivity index (χ0) is 17.8. The second kappa shape index (κ2) is 7.95. The van der Waals surface area contributed by atoms with Crippen molar-refractivity contribution in [3.05, 3.63) is 29.3 Å². The maximum Gasteiger partial charge on any atom is 0.318 e. The SMILES string of the molecule is C[C@H](NC(=O)N1CCN(c2cccc(Cl)c2)CC1)C(=O)N1CCCC1. The fraction of sp³-hybridized carbons (Fsp3) is 0.556. The molecule has 1 aromatic carbocycles. The van der Waals surface area contributed by atoms with Crippen LogP contribution in [0.4, 0.5) is 10.5 Å². The van der Waals surface area contributed by atoms with Crippen molar-refractivity contribution in [1.82, 2.24) is 15.1 Å². The predicted molar refractivity (Wildman–Crippen MR) is 99.0 cm³/mol. The van der Waals surface area contributed by atoms with Crippen LogP contribution in [0.15, 0.2) is 24.3 Å².